The Morgan fingerprint density at radius 1 is 1.17 bits per heavy atom. The minimum atomic E-state index is -0.427. The first-order valence-corrected chi connectivity index (χ1v) is 8.29. The number of rotatable bonds is 6. The van der Waals surface area contributed by atoms with Crippen LogP contribution in [-0.2, 0) is 9.53 Å². The molecule has 5 heteroatoms. The van der Waals surface area contributed by atoms with Crippen molar-refractivity contribution in [2.45, 2.75) is 33.6 Å². The van der Waals surface area contributed by atoms with Crippen molar-refractivity contribution < 1.29 is 14.3 Å². The third-order valence-corrected chi connectivity index (χ3v) is 4.20. The third kappa shape index (κ3) is 4.26. The summed E-state index contributed by atoms with van der Waals surface area (Å²) in [5.41, 5.74) is 3.09. The van der Waals surface area contributed by atoms with Gasteiger partial charge in [-0.05, 0) is 43.5 Å². The van der Waals surface area contributed by atoms with Crippen molar-refractivity contribution in [3.8, 4) is 0 Å². The molecule has 2 rings (SSSR count). The van der Waals surface area contributed by atoms with E-state index in [4.69, 9.17) is 16.3 Å². The van der Waals surface area contributed by atoms with Gasteiger partial charge in [0.2, 0.25) is 5.78 Å². The molecule has 2 aromatic rings. The molecule has 0 radical (unpaired) electrons. The quantitative estimate of drug-likeness (QED) is 0.620. The van der Waals surface area contributed by atoms with Crippen molar-refractivity contribution >= 4 is 23.4 Å². The first-order valence-electron chi connectivity index (χ1n) is 7.91. The van der Waals surface area contributed by atoms with Gasteiger partial charge in [0.15, 0.2) is 6.61 Å². The number of hydrogen-bond donors (Lipinski definition) is 1. The molecule has 0 aliphatic carbocycles. The van der Waals surface area contributed by atoms with E-state index in [9.17, 15) is 9.59 Å². The maximum Gasteiger partial charge on any atom is 0.314 e. The molecule has 128 valence electrons. The fourth-order valence-corrected chi connectivity index (χ4v) is 2.91. The second-order valence-corrected chi connectivity index (χ2v) is 6.73. The van der Waals surface area contributed by atoms with Gasteiger partial charge in [0.1, 0.15) is 0 Å². The summed E-state index contributed by atoms with van der Waals surface area (Å²) < 4.78 is 5.30. The van der Waals surface area contributed by atoms with Crippen LogP contribution in [0.2, 0.25) is 5.02 Å². The van der Waals surface area contributed by atoms with Gasteiger partial charge >= 0.3 is 5.97 Å². The van der Waals surface area contributed by atoms with Crippen LogP contribution in [0.1, 0.15) is 47.1 Å². The number of nitrogens with one attached hydrogen (secondary N) is 1. The zero-order valence-electron chi connectivity index (χ0n) is 14.4. The summed E-state index contributed by atoms with van der Waals surface area (Å²) in [6.07, 6.45) is 0. The van der Waals surface area contributed by atoms with Crippen LogP contribution in [0.25, 0.3) is 0 Å². The van der Waals surface area contributed by atoms with Crippen LogP contribution >= 0.6 is 11.6 Å². The van der Waals surface area contributed by atoms with Gasteiger partial charge in [-0.1, -0.05) is 37.6 Å². The minimum absolute atomic E-state index is 0.0463. The average Bonchev–Trinajstić information content (AvgIpc) is 2.85. The van der Waals surface area contributed by atoms with E-state index in [1.165, 1.54) is 0 Å². The van der Waals surface area contributed by atoms with E-state index in [1.807, 2.05) is 39.8 Å². The lowest BCUT2D eigenvalue weighted by Crippen LogP contribution is -2.23. The van der Waals surface area contributed by atoms with Gasteiger partial charge in [-0.15, -0.1) is 0 Å². The number of aryl methyl sites for hydroxylation is 2. The summed E-state index contributed by atoms with van der Waals surface area (Å²) in [6.45, 7) is 7.34. The van der Waals surface area contributed by atoms with E-state index in [-0.39, 0.29) is 18.3 Å². The first-order chi connectivity index (χ1) is 11.3. The first kappa shape index (κ1) is 18.3. The lowest BCUT2D eigenvalue weighted by Gasteiger charge is -2.19. The van der Waals surface area contributed by atoms with Crippen LogP contribution in [0.4, 0.5) is 0 Å². The summed E-state index contributed by atoms with van der Waals surface area (Å²) >= 11 is 5.90. The van der Waals surface area contributed by atoms with Crippen LogP contribution < -0.4 is 0 Å². The maximum absolute atomic E-state index is 12.5. The third-order valence-electron chi connectivity index (χ3n) is 3.95. The number of aromatic nitrogens is 1. The van der Waals surface area contributed by atoms with Crippen LogP contribution in [0.5, 0.6) is 0 Å². The normalized spacial score (nSPS) is 12.2. The van der Waals surface area contributed by atoms with Gasteiger partial charge in [0, 0.05) is 22.0 Å². The molecule has 4 nitrogen and oxygen atoms in total. The lowest BCUT2D eigenvalue weighted by molar-refractivity contribution is -0.145. The predicted molar refractivity (Wildman–Crippen MR) is 94.6 cm³/mol. The number of carbonyl (C=O) groups excluding carboxylic acids is 2. The molecule has 0 amide bonds. The van der Waals surface area contributed by atoms with Gasteiger partial charge in [0.05, 0.1) is 5.92 Å². The molecule has 1 aromatic carbocycles. The molecule has 1 aromatic heterocycles. The van der Waals surface area contributed by atoms with E-state index >= 15 is 0 Å². The standard InChI is InChI=1S/C19H22ClNO3/c1-11(2)18(14-5-7-15(20)8-6-14)19(23)24-10-17(22)16-9-12(3)21-13(16)4/h5-9,11,18,21H,10H2,1-4H3/t18-/m1/s1. The summed E-state index contributed by atoms with van der Waals surface area (Å²) in [4.78, 5) is 27.8. The maximum atomic E-state index is 12.5. The van der Waals surface area contributed by atoms with Gasteiger partial charge < -0.3 is 9.72 Å². The molecule has 1 atom stereocenters. The topological polar surface area (TPSA) is 59.2 Å². The molecule has 0 bridgehead atoms. The summed E-state index contributed by atoms with van der Waals surface area (Å²) in [5, 5.41) is 0.614. The van der Waals surface area contributed by atoms with Gasteiger partial charge in [0.25, 0.3) is 0 Å². The van der Waals surface area contributed by atoms with Crippen molar-refractivity contribution in [2.24, 2.45) is 5.92 Å². The number of benzene rings is 1. The zero-order valence-corrected chi connectivity index (χ0v) is 15.1. The van der Waals surface area contributed by atoms with E-state index < -0.39 is 11.9 Å². The smallest absolute Gasteiger partial charge is 0.314 e. The molecule has 0 unspecified atom stereocenters. The second kappa shape index (κ2) is 7.67. The zero-order chi connectivity index (χ0) is 17.9. The number of H-pyrrole nitrogens is 1. The fraction of sp³-hybridized carbons (Fsp3) is 0.368. The minimum Gasteiger partial charge on any atom is -0.457 e. The lowest BCUT2D eigenvalue weighted by atomic mass is 9.88. The van der Waals surface area contributed by atoms with Crippen LogP contribution in [0, 0.1) is 19.8 Å². The number of ether oxygens (including phenoxy) is 1. The summed E-state index contributed by atoms with van der Waals surface area (Å²) in [7, 11) is 0. The molecule has 0 saturated carbocycles. The number of Topliss-reactive ketones (excluding diaryl/α,β-unsaturated/α-hetero) is 1. The largest absolute Gasteiger partial charge is 0.457 e. The number of hydrogen-bond acceptors (Lipinski definition) is 3. The molecule has 0 aliphatic rings. The van der Waals surface area contributed by atoms with E-state index in [0.29, 0.717) is 10.6 Å². The van der Waals surface area contributed by atoms with Gasteiger partial charge in [-0.3, -0.25) is 9.59 Å². The van der Waals surface area contributed by atoms with Gasteiger partial charge in [-0.25, -0.2) is 0 Å². The number of aromatic amines is 1. The summed E-state index contributed by atoms with van der Waals surface area (Å²) in [5.74, 6) is -0.983. The van der Waals surface area contributed by atoms with Crippen LogP contribution in [-0.4, -0.2) is 23.3 Å². The number of ketones is 1. The Bertz CT molecular complexity index is 732. The Labute approximate surface area is 147 Å². The highest BCUT2D eigenvalue weighted by Crippen LogP contribution is 2.27. The number of carbonyl (C=O) groups is 2. The van der Waals surface area contributed by atoms with Crippen molar-refractivity contribution in [1.29, 1.82) is 0 Å². The Balaban J connectivity index is 2.07. The van der Waals surface area contributed by atoms with Crippen LogP contribution in [0.3, 0.4) is 0 Å². The highest BCUT2D eigenvalue weighted by atomic mass is 35.5. The number of esters is 1. The average molecular weight is 348 g/mol. The number of halogens is 1. The molecule has 1 N–H and O–H groups in total. The Hall–Kier alpha value is -2.07. The van der Waals surface area contributed by atoms with Crippen LogP contribution in [0.15, 0.2) is 30.3 Å². The highest BCUT2D eigenvalue weighted by molar-refractivity contribution is 6.30. The molecular weight excluding hydrogens is 326 g/mol. The van der Waals surface area contributed by atoms with Crippen molar-refractivity contribution in [2.75, 3.05) is 6.61 Å². The molecule has 0 spiro atoms. The Morgan fingerprint density at radius 2 is 1.79 bits per heavy atom. The molecule has 0 saturated heterocycles. The van der Waals surface area contributed by atoms with E-state index in [2.05, 4.69) is 4.98 Å². The second-order valence-electron chi connectivity index (χ2n) is 6.30. The Kier molecular flexibility index (Phi) is 5.84. The van der Waals surface area contributed by atoms with Crippen molar-refractivity contribution in [3.63, 3.8) is 0 Å². The molecule has 24 heavy (non-hydrogen) atoms. The van der Waals surface area contributed by atoms with Crippen molar-refractivity contribution in [3.05, 3.63) is 57.9 Å². The van der Waals surface area contributed by atoms with E-state index in [1.54, 1.807) is 18.2 Å². The Morgan fingerprint density at radius 3 is 2.29 bits per heavy atom. The molecule has 1 heterocycles. The fourth-order valence-electron chi connectivity index (χ4n) is 2.78. The predicted octanol–water partition coefficient (Wildman–Crippen LogP) is 4.45. The summed E-state index contributed by atoms with van der Waals surface area (Å²) in [6, 6.07) is 8.89. The van der Waals surface area contributed by atoms with Gasteiger partial charge in [-0.2, -0.15) is 0 Å². The highest BCUT2D eigenvalue weighted by Gasteiger charge is 2.26. The van der Waals surface area contributed by atoms with Crippen molar-refractivity contribution in [1.82, 2.24) is 4.98 Å². The van der Waals surface area contributed by atoms with E-state index in [0.717, 1.165) is 17.0 Å². The SMILES string of the molecule is Cc1cc(C(=O)COC(=O)[C@@H](c2ccc(Cl)cc2)C(C)C)c(C)[nH]1. The molecular formula is C19H22ClNO3. The molecule has 0 fully saturated rings. The monoisotopic (exact) mass is 347 g/mol. The molecule has 0 aliphatic heterocycles.